The van der Waals surface area contributed by atoms with E-state index in [0.29, 0.717) is 0 Å². The molecule has 0 unspecified atom stereocenters. The molecule has 3 heterocycles. The van der Waals surface area contributed by atoms with E-state index < -0.39 is 0 Å². The van der Waals surface area contributed by atoms with Gasteiger partial charge in [-0.1, -0.05) is 30.3 Å². The molecule has 2 aromatic heterocycles. The summed E-state index contributed by atoms with van der Waals surface area (Å²) in [6.45, 7) is 6.69. The van der Waals surface area contributed by atoms with Crippen LogP contribution in [0, 0.1) is 19.8 Å². The average Bonchev–Trinajstić information content (AvgIpc) is 3.15. The average molecular weight is 417 g/mol. The Balaban J connectivity index is 1.31. The Morgan fingerprint density at radius 1 is 1.00 bits per heavy atom. The standard InChI is InChI=1S/C26H32N4O/c1-20-12-13-21(2)30(20)24-11-7-16-27-25(24)29-18-14-23(15-19-29)26(31)28-17-6-10-22-8-4-3-5-9-22/h3-5,7-9,11-13,16,23H,6,10,14-15,17-19H2,1-2H3,(H,28,31). The Labute approximate surface area is 185 Å². The lowest BCUT2D eigenvalue weighted by Gasteiger charge is -2.33. The molecule has 0 radical (unpaired) electrons. The van der Waals surface area contributed by atoms with Crippen molar-refractivity contribution in [1.82, 2.24) is 14.9 Å². The van der Waals surface area contributed by atoms with E-state index in [1.165, 1.54) is 17.0 Å². The quantitative estimate of drug-likeness (QED) is 0.579. The maximum atomic E-state index is 12.6. The normalized spacial score (nSPS) is 14.6. The van der Waals surface area contributed by atoms with E-state index in [1.807, 2.05) is 18.3 Å². The summed E-state index contributed by atoms with van der Waals surface area (Å²) < 4.78 is 2.26. The van der Waals surface area contributed by atoms with E-state index in [9.17, 15) is 4.79 Å². The molecule has 5 nitrogen and oxygen atoms in total. The van der Waals surface area contributed by atoms with Gasteiger partial charge in [-0.3, -0.25) is 4.79 Å². The number of benzene rings is 1. The highest BCUT2D eigenvalue weighted by atomic mass is 16.1. The van der Waals surface area contributed by atoms with Crippen molar-refractivity contribution in [1.29, 1.82) is 0 Å². The van der Waals surface area contributed by atoms with Crippen molar-refractivity contribution in [3.8, 4) is 5.69 Å². The smallest absolute Gasteiger partial charge is 0.223 e. The molecule has 1 fully saturated rings. The first kappa shape index (κ1) is 21.2. The van der Waals surface area contributed by atoms with Crippen molar-refractivity contribution in [2.45, 2.75) is 39.5 Å². The van der Waals surface area contributed by atoms with Gasteiger partial charge in [0.15, 0.2) is 5.82 Å². The number of anilines is 1. The fourth-order valence-electron chi connectivity index (χ4n) is 4.50. The Hall–Kier alpha value is -3.08. The summed E-state index contributed by atoms with van der Waals surface area (Å²) in [5.74, 6) is 1.30. The molecule has 1 amide bonds. The van der Waals surface area contributed by atoms with Crippen LogP contribution in [0.2, 0.25) is 0 Å². The molecule has 1 saturated heterocycles. The molecule has 31 heavy (non-hydrogen) atoms. The van der Waals surface area contributed by atoms with Crippen molar-refractivity contribution in [2.75, 3.05) is 24.5 Å². The summed E-state index contributed by atoms with van der Waals surface area (Å²) in [4.78, 5) is 19.7. The van der Waals surface area contributed by atoms with Gasteiger partial charge >= 0.3 is 0 Å². The summed E-state index contributed by atoms with van der Waals surface area (Å²) in [6.07, 6.45) is 5.56. The number of rotatable bonds is 7. The number of nitrogens with zero attached hydrogens (tertiary/aromatic N) is 3. The summed E-state index contributed by atoms with van der Waals surface area (Å²) in [7, 11) is 0. The first-order valence-electron chi connectivity index (χ1n) is 11.3. The molecular weight excluding hydrogens is 384 g/mol. The first-order chi connectivity index (χ1) is 15.1. The van der Waals surface area contributed by atoms with E-state index >= 15 is 0 Å². The van der Waals surface area contributed by atoms with Gasteiger partial charge in [-0.2, -0.15) is 0 Å². The van der Waals surface area contributed by atoms with Crippen LogP contribution in [0.4, 0.5) is 5.82 Å². The van der Waals surface area contributed by atoms with Gasteiger partial charge in [0.25, 0.3) is 0 Å². The molecule has 162 valence electrons. The summed E-state index contributed by atoms with van der Waals surface area (Å²) >= 11 is 0. The third kappa shape index (κ3) is 4.98. The molecular formula is C26H32N4O. The number of carbonyl (C=O) groups excluding carboxylic acids is 1. The molecule has 5 heteroatoms. The van der Waals surface area contributed by atoms with Gasteiger partial charge in [0.1, 0.15) is 0 Å². The van der Waals surface area contributed by atoms with Crippen molar-refractivity contribution >= 4 is 11.7 Å². The van der Waals surface area contributed by atoms with Crippen LogP contribution in [-0.4, -0.2) is 35.1 Å². The number of amides is 1. The zero-order valence-electron chi connectivity index (χ0n) is 18.6. The number of hydrogen-bond acceptors (Lipinski definition) is 3. The highest BCUT2D eigenvalue weighted by molar-refractivity contribution is 5.79. The van der Waals surface area contributed by atoms with E-state index in [1.54, 1.807) is 0 Å². The van der Waals surface area contributed by atoms with E-state index in [2.05, 4.69) is 71.1 Å². The van der Waals surface area contributed by atoms with Crippen LogP contribution >= 0.6 is 0 Å². The molecule has 0 saturated carbocycles. The predicted octanol–water partition coefficient (Wildman–Crippen LogP) is 4.45. The van der Waals surface area contributed by atoms with Gasteiger partial charge in [-0.15, -0.1) is 0 Å². The van der Waals surface area contributed by atoms with Gasteiger partial charge in [-0.05, 0) is 69.4 Å². The minimum absolute atomic E-state index is 0.0928. The third-order valence-electron chi connectivity index (χ3n) is 6.23. The minimum atomic E-state index is 0.0928. The van der Waals surface area contributed by atoms with E-state index in [0.717, 1.165) is 56.8 Å². The molecule has 1 aliphatic heterocycles. The fourth-order valence-corrected chi connectivity index (χ4v) is 4.50. The number of piperidine rings is 1. The first-order valence-corrected chi connectivity index (χ1v) is 11.3. The number of pyridine rings is 1. The van der Waals surface area contributed by atoms with Gasteiger partial charge < -0.3 is 14.8 Å². The second-order valence-electron chi connectivity index (χ2n) is 8.44. The number of carbonyl (C=O) groups is 1. The van der Waals surface area contributed by atoms with Crippen molar-refractivity contribution in [3.63, 3.8) is 0 Å². The summed E-state index contributed by atoms with van der Waals surface area (Å²) in [5.41, 5.74) is 4.85. The minimum Gasteiger partial charge on any atom is -0.356 e. The number of aryl methyl sites for hydroxylation is 3. The lowest BCUT2D eigenvalue weighted by molar-refractivity contribution is -0.125. The Kier molecular flexibility index (Phi) is 6.70. The van der Waals surface area contributed by atoms with Gasteiger partial charge in [-0.25, -0.2) is 4.98 Å². The largest absolute Gasteiger partial charge is 0.356 e. The molecule has 1 N–H and O–H groups in total. The SMILES string of the molecule is Cc1ccc(C)n1-c1cccnc1N1CCC(C(=O)NCCCc2ccccc2)CC1. The highest BCUT2D eigenvalue weighted by Gasteiger charge is 2.27. The zero-order chi connectivity index (χ0) is 21.6. The van der Waals surface area contributed by atoms with Crippen LogP contribution in [0.15, 0.2) is 60.8 Å². The van der Waals surface area contributed by atoms with Crippen LogP contribution in [0.5, 0.6) is 0 Å². The maximum Gasteiger partial charge on any atom is 0.223 e. The molecule has 0 atom stereocenters. The van der Waals surface area contributed by atoms with Gasteiger partial charge in [0.05, 0.1) is 5.69 Å². The Bertz CT molecular complexity index is 984. The molecule has 1 aromatic carbocycles. The highest BCUT2D eigenvalue weighted by Crippen LogP contribution is 2.29. The topological polar surface area (TPSA) is 50.2 Å². The van der Waals surface area contributed by atoms with Crippen LogP contribution in [-0.2, 0) is 11.2 Å². The maximum absolute atomic E-state index is 12.6. The van der Waals surface area contributed by atoms with Crippen LogP contribution < -0.4 is 10.2 Å². The number of nitrogens with one attached hydrogen (secondary N) is 1. The van der Waals surface area contributed by atoms with Crippen molar-refractivity contribution < 1.29 is 4.79 Å². The lowest BCUT2D eigenvalue weighted by Crippen LogP contribution is -2.41. The Morgan fingerprint density at radius 2 is 1.71 bits per heavy atom. The lowest BCUT2D eigenvalue weighted by atomic mass is 9.95. The van der Waals surface area contributed by atoms with Crippen LogP contribution in [0.1, 0.15) is 36.2 Å². The van der Waals surface area contributed by atoms with Crippen LogP contribution in [0.3, 0.4) is 0 Å². The van der Waals surface area contributed by atoms with Crippen molar-refractivity contribution in [3.05, 3.63) is 77.7 Å². The number of aromatic nitrogens is 2. The summed E-state index contributed by atoms with van der Waals surface area (Å²) in [6, 6.07) is 18.8. The molecule has 0 aliphatic carbocycles. The van der Waals surface area contributed by atoms with Crippen molar-refractivity contribution in [2.24, 2.45) is 5.92 Å². The second kappa shape index (κ2) is 9.82. The number of hydrogen-bond donors (Lipinski definition) is 1. The molecule has 0 spiro atoms. The second-order valence-corrected chi connectivity index (χ2v) is 8.44. The van der Waals surface area contributed by atoms with E-state index in [-0.39, 0.29) is 11.8 Å². The molecule has 1 aliphatic rings. The third-order valence-corrected chi connectivity index (χ3v) is 6.23. The predicted molar refractivity (Wildman–Crippen MR) is 126 cm³/mol. The summed E-state index contributed by atoms with van der Waals surface area (Å²) in [5, 5.41) is 3.15. The molecule has 4 rings (SSSR count). The van der Waals surface area contributed by atoms with Gasteiger partial charge in [0.2, 0.25) is 5.91 Å². The van der Waals surface area contributed by atoms with E-state index in [4.69, 9.17) is 4.98 Å². The molecule has 3 aromatic rings. The monoisotopic (exact) mass is 416 g/mol. The molecule has 0 bridgehead atoms. The Morgan fingerprint density at radius 3 is 2.42 bits per heavy atom. The fraction of sp³-hybridized carbons (Fsp3) is 0.385. The van der Waals surface area contributed by atoms with Gasteiger partial charge in [0, 0.05) is 43.1 Å². The zero-order valence-corrected chi connectivity index (χ0v) is 18.6. The van der Waals surface area contributed by atoms with Crippen LogP contribution in [0.25, 0.3) is 5.69 Å².